The molecule has 0 saturated carbocycles. The molecule has 0 saturated heterocycles. The van der Waals surface area contributed by atoms with Crippen LogP contribution in [0.5, 0.6) is 5.75 Å². The molecule has 0 atom stereocenters. The van der Waals surface area contributed by atoms with Crippen LogP contribution in [0, 0.1) is 0 Å². The van der Waals surface area contributed by atoms with Crippen molar-refractivity contribution in [2.24, 2.45) is 0 Å². The number of ether oxygens (including phenoxy) is 1. The van der Waals surface area contributed by atoms with Gasteiger partial charge in [-0.05, 0) is 26.0 Å². The minimum atomic E-state index is -4.55. The van der Waals surface area contributed by atoms with Crippen LogP contribution in [0.3, 0.4) is 0 Å². The maximum absolute atomic E-state index is 12.9. The molecule has 0 bridgehead atoms. The molecule has 118 valence electrons. The Morgan fingerprint density at radius 3 is 2.59 bits per heavy atom. The Labute approximate surface area is 124 Å². The molecule has 5 nitrogen and oxygen atoms in total. The van der Waals surface area contributed by atoms with Crippen molar-refractivity contribution in [3.05, 3.63) is 42.1 Å². The fourth-order valence-electron chi connectivity index (χ4n) is 1.70. The van der Waals surface area contributed by atoms with E-state index in [1.165, 1.54) is 6.07 Å². The van der Waals surface area contributed by atoms with Crippen LogP contribution in [0.15, 0.2) is 35.2 Å². The molecule has 0 unspecified atom stereocenters. The molecule has 1 N–H and O–H groups in total. The number of carbonyl (C=O) groups excluding carboxylic acids is 1. The van der Waals surface area contributed by atoms with Crippen molar-refractivity contribution in [3.8, 4) is 5.75 Å². The van der Waals surface area contributed by atoms with Crippen molar-refractivity contribution in [1.29, 1.82) is 0 Å². The van der Waals surface area contributed by atoms with Crippen molar-refractivity contribution in [1.82, 2.24) is 4.98 Å². The molecule has 22 heavy (non-hydrogen) atoms. The second kappa shape index (κ2) is 6.08. The van der Waals surface area contributed by atoms with E-state index >= 15 is 0 Å². The highest BCUT2D eigenvalue weighted by atomic mass is 19.4. The molecule has 0 radical (unpaired) electrons. The second-order valence-corrected chi connectivity index (χ2v) is 4.73. The van der Waals surface area contributed by atoms with Crippen molar-refractivity contribution < 1.29 is 27.1 Å². The third kappa shape index (κ3) is 4.00. The van der Waals surface area contributed by atoms with Gasteiger partial charge in [0.15, 0.2) is 6.39 Å². The first kappa shape index (κ1) is 15.9. The number of amides is 1. The van der Waals surface area contributed by atoms with Gasteiger partial charge >= 0.3 is 6.18 Å². The zero-order valence-corrected chi connectivity index (χ0v) is 11.8. The van der Waals surface area contributed by atoms with Gasteiger partial charge in [-0.1, -0.05) is 0 Å². The van der Waals surface area contributed by atoms with E-state index in [-0.39, 0.29) is 23.3 Å². The van der Waals surface area contributed by atoms with Crippen molar-refractivity contribution in [2.75, 3.05) is 5.32 Å². The van der Waals surface area contributed by atoms with Gasteiger partial charge in [0.1, 0.15) is 5.75 Å². The lowest BCUT2D eigenvalue weighted by Gasteiger charge is -2.15. The summed E-state index contributed by atoms with van der Waals surface area (Å²) < 4.78 is 48.8. The molecule has 0 aliphatic heterocycles. The summed E-state index contributed by atoms with van der Waals surface area (Å²) in [5.74, 6) is -0.797. The summed E-state index contributed by atoms with van der Waals surface area (Å²) in [4.78, 5) is 15.4. The fourth-order valence-corrected chi connectivity index (χ4v) is 1.70. The quantitative estimate of drug-likeness (QED) is 0.934. The van der Waals surface area contributed by atoms with Crippen molar-refractivity contribution in [3.63, 3.8) is 0 Å². The molecule has 0 aliphatic rings. The first-order valence-electron chi connectivity index (χ1n) is 6.34. The standard InChI is InChI=1S/C14H13F3N2O3/c1-8(2)22-11-4-9(14(15,16)17)3-10(5-11)19-13(20)12-6-18-7-21-12/h3-8H,1-2H3,(H,19,20). The molecule has 1 amide bonds. The van der Waals surface area contributed by atoms with Gasteiger partial charge in [0.2, 0.25) is 5.76 Å². The Bertz CT molecular complexity index is 652. The summed E-state index contributed by atoms with van der Waals surface area (Å²) in [6.45, 7) is 3.38. The summed E-state index contributed by atoms with van der Waals surface area (Å²) in [6.07, 6.45) is -2.65. The van der Waals surface area contributed by atoms with Crippen LogP contribution in [0.2, 0.25) is 0 Å². The average molecular weight is 314 g/mol. The molecule has 1 aromatic heterocycles. The van der Waals surface area contributed by atoms with E-state index < -0.39 is 17.6 Å². The summed E-state index contributed by atoms with van der Waals surface area (Å²) in [7, 11) is 0. The Morgan fingerprint density at radius 2 is 2.05 bits per heavy atom. The topological polar surface area (TPSA) is 64.4 Å². The van der Waals surface area contributed by atoms with Gasteiger partial charge in [0, 0.05) is 11.8 Å². The van der Waals surface area contributed by atoms with E-state index in [1.807, 2.05) is 0 Å². The number of carbonyl (C=O) groups is 1. The van der Waals surface area contributed by atoms with Crippen LogP contribution < -0.4 is 10.1 Å². The number of benzene rings is 1. The highest BCUT2D eigenvalue weighted by Gasteiger charge is 2.31. The number of nitrogens with one attached hydrogen (secondary N) is 1. The minimum Gasteiger partial charge on any atom is -0.491 e. The summed E-state index contributed by atoms with van der Waals surface area (Å²) >= 11 is 0. The number of hydrogen-bond acceptors (Lipinski definition) is 4. The van der Waals surface area contributed by atoms with Crippen LogP contribution in [-0.2, 0) is 6.18 Å². The smallest absolute Gasteiger partial charge is 0.416 e. The van der Waals surface area contributed by atoms with E-state index in [0.29, 0.717) is 0 Å². The number of halogens is 3. The Kier molecular flexibility index (Phi) is 4.39. The molecule has 0 aliphatic carbocycles. The predicted molar refractivity (Wildman–Crippen MR) is 71.7 cm³/mol. The van der Waals surface area contributed by atoms with Crippen LogP contribution in [0.1, 0.15) is 30.0 Å². The van der Waals surface area contributed by atoms with Gasteiger partial charge in [-0.3, -0.25) is 4.79 Å². The minimum absolute atomic E-state index is 0.0118. The first-order chi connectivity index (χ1) is 10.3. The number of rotatable bonds is 4. The lowest BCUT2D eigenvalue weighted by Crippen LogP contribution is -2.14. The molecule has 2 aromatic rings. The molecular formula is C14H13F3N2O3. The van der Waals surface area contributed by atoms with E-state index in [1.54, 1.807) is 13.8 Å². The fraction of sp³-hybridized carbons (Fsp3) is 0.286. The van der Waals surface area contributed by atoms with Crippen LogP contribution in [0.4, 0.5) is 18.9 Å². The van der Waals surface area contributed by atoms with Crippen molar-refractivity contribution >= 4 is 11.6 Å². The lowest BCUT2D eigenvalue weighted by atomic mass is 10.1. The predicted octanol–water partition coefficient (Wildman–Crippen LogP) is 3.73. The Morgan fingerprint density at radius 1 is 1.32 bits per heavy atom. The van der Waals surface area contributed by atoms with Gasteiger partial charge in [0.25, 0.3) is 5.91 Å². The molecule has 0 spiro atoms. The summed E-state index contributed by atoms with van der Waals surface area (Å²) in [5.41, 5.74) is -0.967. The van der Waals surface area contributed by atoms with Crippen LogP contribution >= 0.6 is 0 Å². The van der Waals surface area contributed by atoms with Crippen LogP contribution in [0.25, 0.3) is 0 Å². The van der Waals surface area contributed by atoms with Crippen molar-refractivity contribution in [2.45, 2.75) is 26.1 Å². The number of aromatic nitrogens is 1. The maximum Gasteiger partial charge on any atom is 0.416 e. The Hall–Kier alpha value is -2.51. The van der Waals surface area contributed by atoms with Gasteiger partial charge in [-0.15, -0.1) is 0 Å². The second-order valence-electron chi connectivity index (χ2n) is 4.73. The highest BCUT2D eigenvalue weighted by Crippen LogP contribution is 2.34. The molecule has 2 rings (SSSR count). The third-order valence-electron chi connectivity index (χ3n) is 2.52. The number of alkyl halides is 3. The normalized spacial score (nSPS) is 11.5. The third-order valence-corrected chi connectivity index (χ3v) is 2.52. The number of nitrogens with zero attached hydrogens (tertiary/aromatic N) is 1. The summed E-state index contributed by atoms with van der Waals surface area (Å²) in [5, 5.41) is 2.32. The molecule has 1 aromatic carbocycles. The van der Waals surface area contributed by atoms with Gasteiger partial charge in [-0.25, -0.2) is 4.98 Å². The highest BCUT2D eigenvalue weighted by molar-refractivity contribution is 6.02. The number of hydrogen-bond donors (Lipinski definition) is 1. The van der Waals surface area contributed by atoms with Gasteiger partial charge < -0.3 is 14.5 Å². The Balaban J connectivity index is 2.31. The van der Waals surface area contributed by atoms with Crippen LogP contribution in [-0.4, -0.2) is 17.0 Å². The first-order valence-corrected chi connectivity index (χ1v) is 6.34. The van der Waals surface area contributed by atoms with Gasteiger partial charge in [-0.2, -0.15) is 13.2 Å². The lowest BCUT2D eigenvalue weighted by molar-refractivity contribution is -0.137. The van der Waals surface area contributed by atoms with E-state index in [9.17, 15) is 18.0 Å². The van der Waals surface area contributed by atoms with E-state index in [0.717, 1.165) is 24.7 Å². The molecule has 0 fully saturated rings. The SMILES string of the molecule is CC(C)Oc1cc(NC(=O)c2cnco2)cc(C(F)(F)F)c1. The van der Waals surface area contributed by atoms with E-state index in [2.05, 4.69) is 10.3 Å². The van der Waals surface area contributed by atoms with Gasteiger partial charge in [0.05, 0.1) is 17.9 Å². The monoisotopic (exact) mass is 314 g/mol. The maximum atomic E-state index is 12.9. The number of oxazole rings is 1. The van der Waals surface area contributed by atoms with E-state index in [4.69, 9.17) is 9.15 Å². The molecular weight excluding hydrogens is 301 g/mol. The zero-order valence-electron chi connectivity index (χ0n) is 11.8. The number of anilines is 1. The average Bonchev–Trinajstić information content (AvgIpc) is 2.90. The molecule has 1 heterocycles. The summed E-state index contributed by atoms with van der Waals surface area (Å²) in [6, 6.07) is 3.01. The largest absolute Gasteiger partial charge is 0.491 e. The molecule has 8 heteroatoms. The zero-order chi connectivity index (χ0) is 16.3.